The van der Waals surface area contributed by atoms with Crippen LogP contribution in [0.15, 0.2) is 0 Å². The Kier molecular flexibility index (Phi) is 4.85. The molecule has 0 saturated carbocycles. The van der Waals surface area contributed by atoms with Crippen molar-refractivity contribution >= 4 is 0 Å². The first-order valence-electron chi connectivity index (χ1n) is 5.50. The van der Waals surface area contributed by atoms with Crippen molar-refractivity contribution in [3.63, 3.8) is 0 Å². The van der Waals surface area contributed by atoms with Gasteiger partial charge in [-0.2, -0.15) is 0 Å². The molecule has 0 bridgehead atoms. The summed E-state index contributed by atoms with van der Waals surface area (Å²) in [4.78, 5) is 0. The summed E-state index contributed by atoms with van der Waals surface area (Å²) < 4.78 is 10.9. The predicted molar refractivity (Wildman–Crippen MR) is 57.5 cm³/mol. The van der Waals surface area contributed by atoms with E-state index in [1.165, 1.54) is 6.42 Å². The van der Waals surface area contributed by atoms with Gasteiger partial charge in [0.25, 0.3) is 0 Å². The van der Waals surface area contributed by atoms with Gasteiger partial charge in [0.2, 0.25) is 0 Å². The van der Waals surface area contributed by atoms with Crippen LogP contribution in [0.2, 0.25) is 0 Å². The Labute approximate surface area is 87.2 Å². The highest BCUT2D eigenvalue weighted by Gasteiger charge is 2.14. The smallest absolute Gasteiger partial charge is 0.0599 e. The van der Waals surface area contributed by atoms with Gasteiger partial charge in [-0.05, 0) is 33.1 Å². The van der Waals surface area contributed by atoms with Crippen LogP contribution in [0.5, 0.6) is 0 Å². The van der Waals surface area contributed by atoms with Crippen LogP contribution in [0, 0.1) is 5.92 Å². The van der Waals surface area contributed by atoms with Gasteiger partial charge in [0.1, 0.15) is 0 Å². The second-order valence-electron chi connectivity index (χ2n) is 4.89. The van der Waals surface area contributed by atoms with E-state index >= 15 is 0 Å². The summed E-state index contributed by atoms with van der Waals surface area (Å²) in [7, 11) is 0. The van der Waals surface area contributed by atoms with E-state index in [4.69, 9.17) is 9.47 Å². The SMILES string of the molecule is CC(C)(C)OCCNCC1CCOC1. The topological polar surface area (TPSA) is 30.5 Å². The standard InChI is InChI=1S/C11H23NO2/c1-11(2,3)14-7-5-12-8-10-4-6-13-9-10/h10,12H,4-9H2,1-3H3. The molecule has 3 nitrogen and oxygen atoms in total. The summed E-state index contributed by atoms with van der Waals surface area (Å²) in [6, 6.07) is 0. The monoisotopic (exact) mass is 201 g/mol. The van der Waals surface area contributed by atoms with Crippen molar-refractivity contribution in [2.45, 2.75) is 32.8 Å². The number of hydrogen-bond donors (Lipinski definition) is 1. The molecule has 84 valence electrons. The molecular weight excluding hydrogens is 178 g/mol. The van der Waals surface area contributed by atoms with Crippen molar-refractivity contribution in [1.29, 1.82) is 0 Å². The summed E-state index contributed by atoms with van der Waals surface area (Å²) in [6.07, 6.45) is 1.20. The summed E-state index contributed by atoms with van der Waals surface area (Å²) in [5, 5.41) is 3.39. The van der Waals surface area contributed by atoms with Gasteiger partial charge < -0.3 is 14.8 Å². The van der Waals surface area contributed by atoms with Gasteiger partial charge in [0.05, 0.1) is 18.8 Å². The first-order valence-corrected chi connectivity index (χ1v) is 5.50. The zero-order valence-corrected chi connectivity index (χ0v) is 9.64. The fourth-order valence-corrected chi connectivity index (χ4v) is 1.48. The van der Waals surface area contributed by atoms with Crippen LogP contribution in [0.3, 0.4) is 0 Å². The molecule has 1 saturated heterocycles. The van der Waals surface area contributed by atoms with E-state index in [1.54, 1.807) is 0 Å². The molecule has 1 atom stereocenters. The zero-order chi connectivity index (χ0) is 10.4. The number of ether oxygens (including phenoxy) is 2. The van der Waals surface area contributed by atoms with Crippen LogP contribution in [0.25, 0.3) is 0 Å². The fourth-order valence-electron chi connectivity index (χ4n) is 1.48. The van der Waals surface area contributed by atoms with Crippen molar-refractivity contribution in [3.05, 3.63) is 0 Å². The molecule has 1 fully saturated rings. The molecule has 0 aliphatic carbocycles. The van der Waals surface area contributed by atoms with Crippen LogP contribution < -0.4 is 5.32 Å². The Morgan fingerprint density at radius 2 is 2.21 bits per heavy atom. The maximum atomic E-state index is 5.60. The van der Waals surface area contributed by atoms with Crippen molar-refractivity contribution < 1.29 is 9.47 Å². The molecule has 14 heavy (non-hydrogen) atoms. The van der Waals surface area contributed by atoms with Crippen molar-refractivity contribution in [2.24, 2.45) is 5.92 Å². The Bertz CT molecular complexity index is 148. The second-order valence-corrected chi connectivity index (χ2v) is 4.89. The van der Waals surface area contributed by atoms with E-state index < -0.39 is 0 Å². The van der Waals surface area contributed by atoms with Crippen molar-refractivity contribution in [2.75, 3.05) is 32.9 Å². The lowest BCUT2D eigenvalue weighted by molar-refractivity contribution is -0.00104. The first kappa shape index (κ1) is 12.0. The summed E-state index contributed by atoms with van der Waals surface area (Å²) in [5.74, 6) is 0.713. The lowest BCUT2D eigenvalue weighted by Gasteiger charge is -2.19. The molecule has 0 aromatic carbocycles. The third-order valence-electron chi connectivity index (χ3n) is 2.27. The minimum atomic E-state index is -0.0157. The Hall–Kier alpha value is -0.120. The minimum Gasteiger partial charge on any atom is -0.381 e. The predicted octanol–water partition coefficient (Wildman–Crippen LogP) is 1.43. The molecule has 1 N–H and O–H groups in total. The maximum Gasteiger partial charge on any atom is 0.0599 e. The van der Waals surface area contributed by atoms with Gasteiger partial charge in [-0.15, -0.1) is 0 Å². The van der Waals surface area contributed by atoms with Gasteiger partial charge in [-0.1, -0.05) is 0 Å². The highest BCUT2D eigenvalue weighted by atomic mass is 16.5. The lowest BCUT2D eigenvalue weighted by Crippen LogP contribution is -2.29. The fraction of sp³-hybridized carbons (Fsp3) is 1.00. The number of nitrogens with one attached hydrogen (secondary N) is 1. The molecule has 0 aromatic rings. The molecule has 1 heterocycles. The van der Waals surface area contributed by atoms with Crippen LogP contribution in [-0.2, 0) is 9.47 Å². The van der Waals surface area contributed by atoms with E-state index in [2.05, 4.69) is 26.1 Å². The first-order chi connectivity index (χ1) is 6.58. The molecule has 1 unspecified atom stereocenters. The largest absolute Gasteiger partial charge is 0.381 e. The molecular formula is C11H23NO2. The number of rotatable bonds is 5. The van der Waals surface area contributed by atoms with E-state index in [0.717, 1.165) is 32.9 Å². The lowest BCUT2D eigenvalue weighted by atomic mass is 10.1. The number of hydrogen-bond acceptors (Lipinski definition) is 3. The quantitative estimate of drug-likeness (QED) is 0.683. The van der Waals surface area contributed by atoms with Gasteiger partial charge >= 0.3 is 0 Å². The van der Waals surface area contributed by atoms with E-state index in [-0.39, 0.29) is 5.60 Å². The normalized spacial score (nSPS) is 22.9. The molecule has 1 rings (SSSR count). The van der Waals surface area contributed by atoms with E-state index in [1.807, 2.05) is 0 Å². The highest BCUT2D eigenvalue weighted by molar-refractivity contribution is 4.66. The molecule has 0 aromatic heterocycles. The molecule has 0 amide bonds. The second kappa shape index (κ2) is 5.69. The summed E-state index contributed by atoms with van der Waals surface area (Å²) in [6.45, 7) is 10.9. The van der Waals surface area contributed by atoms with E-state index in [0.29, 0.717) is 5.92 Å². The molecule has 1 aliphatic heterocycles. The maximum absolute atomic E-state index is 5.60. The average Bonchev–Trinajstić information content (AvgIpc) is 2.54. The minimum absolute atomic E-state index is 0.0157. The van der Waals surface area contributed by atoms with Crippen molar-refractivity contribution in [3.8, 4) is 0 Å². The van der Waals surface area contributed by atoms with Crippen molar-refractivity contribution in [1.82, 2.24) is 5.32 Å². The third-order valence-corrected chi connectivity index (χ3v) is 2.27. The average molecular weight is 201 g/mol. The van der Waals surface area contributed by atoms with Crippen LogP contribution in [0.1, 0.15) is 27.2 Å². The van der Waals surface area contributed by atoms with Gasteiger partial charge in [-0.25, -0.2) is 0 Å². The van der Waals surface area contributed by atoms with Crippen LogP contribution >= 0.6 is 0 Å². The Morgan fingerprint density at radius 1 is 1.43 bits per heavy atom. The van der Waals surface area contributed by atoms with E-state index in [9.17, 15) is 0 Å². The molecule has 3 heteroatoms. The van der Waals surface area contributed by atoms with Gasteiger partial charge in [0.15, 0.2) is 0 Å². The Balaban J connectivity index is 1.89. The zero-order valence-electron chi connectivity index (χ0n) is 9.64. The molecule has 0 spiro atoms. The van der Waals surface area contributed by atoms with Crippen LogP contribution in [-0.4, -0.2) is 38.5 Å². The molecule has 1 aliphatic rings. The third kappa shape index (κ3) is 5.58. The summed E-state index contributed by atoms with van der Waals surface area (Å²) >= 11 is 0. The molecule has 0 radical (unpaired) electrons. The van der Waals surface area contributed by atoms with Gasteiger partial charge in [-0.3, -0.25) is 0 Å². The van der Waals surface area contributed by atoms with Gasteiger partial charge in [0, 0.05) is 19.7 Å². The van der Waals surface area contributed by atoms with Crippen LogP contribution in [0.4, 0.5) is 0 Å². The summed E-state index contributed by atoms with van der Waals surface area (Å²) in [5.41, 5.74) is -0.0157. The highest BCUT2D eigenvalue weighted by Crippen LogP contribution is 2.10. The Morgan fingerprint density at radius 3 is 2.79 bits per heavy atom.